The van der Waals surface area contributed by atoms with E-state index in [0.29, 0.717) is 22.3 Å². The van der Waals surface area contributed by atoms with Gasteiger partial charge in [-0.25, -0.2) is 0 Å². The number of ether oxygens (including phenoxy) is 1. The van der Waals surface area contributed by atoms with Crippen LogP contribution in [0.3, 0.4) is 0 Å². The molecule has 24 heavy (non-hydrogen) atoms. The lowest BCUT2D eigenvalue weighted by molar-refractivity contribution is -0.115. The van der Waals surface area contributed by atoms with Crippen molar-refractivity contribution in [2.45, 2.75) is 6.61 Å². The van der Waals surface area contributed by atoms with Crippen molar-refractivity contribution >= 4 is 56.4 Å². The molecule has 2 aromatic rings. The molecule has 1 heterocycles. The second kappa shape index (κ2) is 7.42. The molecule has 1 aliphatic heterocycles. The zero-order valence-electron chi connectivity index (χ0n) is 12.3. The average molecular weight is 424 g/mol. The standard InChI is InChI=1S/C17H12BrClN2O2S/c18-13-7-11(8-15-16(22)21-17(20)24-15)3-6-14(13)23-9-10-1-4-12(19)5-2-10/h1-8H,9H2,(H2,20,21,22). The number of hydrogen-bond donors (Lipinski definition) is 2. The van der Waals surface area contributed by atoms with Gasteiger partial charge in [-0.05, 0) is 69.2 Å². The molecular weight excluding hydrogens is 412 g/mol. The summed E-state index contributed by atoms with van der Waals surface area (Å²) in [7, 11) is 0. The Morgan fingerprint density at radius 2 is 2.00 bits per heavy atom. The maximum absolute atomic E-state index is 11.6. The molecule has 1 amide bonds. The van der Waals surface area contributed by atoms with Crippen LogP contribution in [0.4, 0.5) is 0 Å². The maximum atomic E-state index is 11.6. The third-order valence-electron chi connectivity index (χ3n) is 3.22. The van der Waals surface area contributed by atoms with Gasteiger partial charge in [0.2, 0.25) is 0 Å². The molecule has 0 atom stereocenters. The molecule has 1 aliphatic rings. The van der Waals surface area contributed by atoms with Gasteiger partial charge >= 0.3 is 0 Å². The van der Waals surface area contributed by atoms with Crippen LogP contribution in [0.15, 0.2) is 51.8 Å². The van der Waals surface area contributed by atoms with Crippen molar-refractivity contribution < 1.29 is 9.53 Å². The highest BCUT2D eigenvalue weighted by molar-refractivity contribution is 9.10. The highest BCUT2D eigenvalue weighted by Gasteiger charge is 2.22. The molecule has 0 aromatic heterocycles. The quantitative estimate of drug-likeness (QED) is 0.693. The maximum Gasteiger partial charge on any atom is 0.264 e. The second-order valence-electron chi connectivity index (χ2n) is 5.00. The number of carbonyl (C=O) groups is 1. The van der Waals surface area contributed by atoms with Crippen LogP contribution in [-0.4, -0.2) is 11.1 Å². The molecule has 2 N–H and O–H groups in total. The van der Waals surface area contributed by atoms with Crippen LogP contribution >= 0.6 is 39.3 Å². The van der Waals surface area contributed by atoms with E-state index in [1.165, 1.54) is 0 Å². The molecule has 0 saturated carbocycles. The fraction of sp³-hybridized carbons (Fsp3) is 0.0588. The number of rotatable bonds is 4. The fourth-order valence-electron chi connectivity index (χ4n) is 2.06. The van der Waals surface area contributed by atoms with Crippen molar-refractivity contribution in [2.24, 2.45) is 0 Å². The summed E-state index contributed by atoms with van der Waals surface area (Å²) in [4.78, 5) is 12.1. The molecule has 0 bridgehead atoms. The fourth-order valence-corrected chi connectivity index (χ4v) is 3.40. The normalized spacial score (nSPS) is 15.7. The molecule has 122 valence electrons. The van der Waals surface area contributed by atoms with Crippen LogP contribution in [-0.2, 0) is 11.4 Å². The molecule has 0 radical (unpaired) electrons. The van der Waals surface area contributed by atoms with Gasteiger partial charge in [0.05, 0.1) is 9.38 Å². The Kier molecular flexibility index (Phi) is 5.28. The van der Waals surface area contributed by atoms with Crippen LogP contribution in [0, 0.1) is 5.41 Å². The Hall–Kier alpha value is -1.76. The first kappa shape index (κ1) is 17.1. The van der Waals surface area contributed by atoms with Gasteiger partial charge in [-0.2, -0.15) is 0 Å². The predicted molar refractivity (Wildman–Crippen MR) is 101 cm³/mol. The number of nitrogens with one attached hydrogen (secondary N) is 2. The smallest absolute Gasteiger partial charge is 0.264 e. The highest BCUT2D eigenvalue weighted by atomic mass is 79.9. The Bertz CT molecular complexity index is 837. The van der Waals surface area contributed by atoms with E-state index in [4.69, 9.17) is 21.7 Å². The van der Waals surface area contributed by atoms with Crippen molar-refractivity contribution in [3.8, 4) is 5.75 Å². The molecule has 1 fully saturated rings. The molecule has 0 spiro atoms. The lowest BCUT2D eigenvalue weighted by Gasteiger charge is -2.09. The van der Waals surface area contributed by atoms with E-state index in [2.05, 4.69) is 21.2 Å². The van der Waals surface area contributed by atoms with E-state index in [0.717, 1.165) is 27.4 Å². The van der Waals surface area contributed by atoms with Crippen LogP contribution in [0.2, 0.25) is 5.02 Å². The topological polar surface area (TPSA) is 62.2 Å². The summed E-state index contributed by atoms with van der Waals surface area (Å²) in [5.41, 5.74) is 1.88. The Morgan fingerprint density at radius 3 is 2.62 bits per heavy atom. The third kappa shape index (κ3) is 4.20. The largest absolute Gasteiger partial charge is 0.488 e. The number of hydrogen-bond acceptors (Lipinski definition) is 4. The number of halogens is 2. The number of amides is 1. The van der Waals surface area contributed by atoms with Crippen molar-refractivity contribution in [2.75, 3.05) is 0 Å². The summed E-state index contributed by atoms with van der Waals surface area (Å²) in [6.07, 6.45) is 1.75. The Labute approximate surface area is 156 Å². The van der Waals surface area contributed by atoms with Gasteiger partial charge in [0.1, 0.15) is 12.4 Å². The zero-order chi connectivity index (χ0) is 17.1. The molecule has 2 aromatic carbocycles. The first-order chi connectivity index (χ1) is 11.5. The zero-order valence-corrected chi connectivity index (χ0v) is 15.5. The minimum absolute atomic E-state index is 0.147. The van der Waals surface area contributed by atoms with E-state index >= 15 is 0 Å². The Balaban J connectivity index is 1.70. The van der Waals surface area contributed by atoms with Crippen molar-refractivity contribution in [3.05, 3.63) is 68.0 Å². The summed E-state index contributed by atoms with van der Waals surface area (Å²) in [6.45, 7) is 0.436. The van der Waals surface area contributed by atoms with Crippen LogP contribution in [0.5, 0.6) is 5.75 Å². The monoisotopic (exact) mass is 422 g/mol. The van der Waals surface area contributed by atoms with E-state index in [1.807, 2.05) is 42.5 Å². The van der Waals surface area contributed by atoms with Gasteiger partial charge < -0.3 is 10.1 Å². The van der Waals surface area contributed by atoms with E-state index in [9.17, 15) is 4.79 Å². The molecule has 7 heteroatoms. The van der Waals surface area contributed by atoms with E-state index in [1.54, 1.807) is 6.08 Å². The van der Waals surface area contributed by atoms with Crippen LogP contribution in [0.1, 0.15) is 11.1 Å². The number of carbonyl (C=O) groups excluding carboxylic acids is 1. The molecule has 0 unspecified atom stereocenters. The molecule has 4 nitrogen and oxygen atoms in total. The lowest BCUT2D eigenvalue weighted by Crippen LogP contribution is -2.18. The minimum atomic E-state index is -0.246. The van der Waals surface area contributed by atoms with Crippen LogP contribution < -0.4 is 10.1 Å². The summed E-state index contributed by atoms with van der Waals surface area (Å²) in [5, 5.41) is 10.7. The molecular formula is C17H12BrClN2O2S. The van der Waals surface area contributed by atoms with Crippen molar-refractivity contribution in [1.29, 1.82) is 5.41 Å². The van der Waals surface area contributed by atoms with E-state index in [-0.39, 0.29) is 11.1 Å². The second-order valence-corrected chi connectivity index (χ2v) is 7.34. The summed E-state index contributed by atoms with van der Waals surface area (Å²) >= 11 is 10.5. The molecule has 0 aliphatic carbocycles. The highest BCUT2D eigenvalue weighted by Crippen LogP contribution is 2.30. The lowest BCUT2D eigenvalue weighted by atomic mass is 10.2. The van der Waals surface area contributed by atoms with E-state index < -0.39 is 0 Å². The predicted octanol–water partition coefficient (Wildman–Crippen LogP) is 4.82. The van der Waals surface area contributed by atoms with Gasteiger partial charge in [0.15, 0.2) is 5.17 Å². The van der Waals surface area contributed by atoms with Gasteiger partial charge in [0.25, 0.3) is 5.91 Å². The number of amidine groups is 1. The van der Waals surface area contributed by atoms with Gasteiger partial charge in [-0.15, -0.1) is 0 Å². The summed E-state index contributed by atoms with van der Waals surface area (Å²) < 4.78 is 6.59. The minimum Gasteiger partial charge on any atom is -0.488 e. The van der Waals surface area contributed by atoms with Gasteiger partial charge in [0, 0.05) is 5.02 Å². The van der Waals surface area contributed by atoms with Crippen molar-refractivity contribution in [1.82, 2.24) is 5.32 Å². The third-order valence-corrected chi connectivity index (χ3v) is 4.93. The number of benzene rings is 2. The SMILES string of the molecule is N=C1NC(=O)C(=Cc2ccc(OCc3ccc(Cl)cc3)c(Br)c2)S1. The van der Waals surface area contributed by atoms with Gasteiger partial charge in [-0.1, -0.05) is 29.8 Å². The first-order valence-electron chi connectivity index (χ1n) is 6.97. The summed E-state index contributed by atoms with van der Waals surface area (Å²) in [6, 6.07) is 13.1. The van der Waals surface area contributed by atoms with Gasteiger partial charge in [-0.3, -0.25) is 10.2 Å². The Morgan fingerprint density at radius 1 is 1.25 bits per heavy atom. The van der Waals surface area contributed by atoms with Crippen molar-refractivity contribution in [3.63, 3.8) is 0 Å². The molecule has 1 saturated heterocycles. The molecule has 3 rings (SSSR count). The van der Waals surface area contributed by atoms with Crippen LogP contribution in [0.25, 0.3) is 6.08 Å². The average Bonchev–Trinajstić information content (AvgIpc) is 2.86. The first-order valence-corrected chi connectivity index (χ1v) is 8.96. The summed E-state index contributed by atoms with van der Waals surface area (Å²) in [5.74, 6) is 0.465. The number of thioether (sulfide) groups is 1.